The lowest BCUT2D eigenvalue weighted by atomic mass is 9.80. The van der Waals surface area contributed by atoms with Gasteiger partial charge in [-0.15, -0.1) is 24.8 Å². The van der Waals surface area contributed by atoms with Crippen LogP contribution in [0.4, 0.5) is 4.39 Å². The summed E-state index contributed by atoms with van der Waals surface area (Å²) in [6, 6.07) is 3.48. The fourth-order valence-corrected chi connectivity index (χ4v) is 3.25. The van der Waals surface area contributed by atoms with Gasteiger partial charge >= 0.3 is 0 Å². The van der Waals surface area contributed by atoms with Gasteiger partial charge in [-0.3, -0.25) is 4.90 Å². The molecule has 22 heavy (non-hydrogen) atoms. The molecule has 128 valence electrons. The third kappa shape index (κ3) is 4.71. The van der Waals surface area contributed by atoms with Crippen LogP contribution in [0.5, 0.6) is 5.75 Å². The van der Waals surface area contributed by atoms with Crippen molar-refractivity contribution in [2.45, 2.75) is 26.8 Å². The van der Waals surface area contributed by atoms with Crippen molar-refractivity contribution in [1.82, 2.24) is 10.2 Å². The lowest BCUT2D eigenvalue weighted by Gasteiger charge is -2.42. The van der Waals surface area contributed by atoms with E-state index in [1.165, 1.54) is 0 Å². The van der Waals surface area contributed by atoms with Crippen molar-refractivity contribution in [2.24, 2.45) is 5.41 Å². The van der Waals surface area contributed by atoms with Gasteiger partial charge in [0.2, 0.25) is 0 Å². The number of nitrogens with zero attached hydrogens (tertiary/aromatic N) is 1. The Kier molecular flexibility index (Phi) is 8.66. The largest absolute Gasteiger partial charge is 0.505 e. The van der Waals surface area contributed by atoms with Gasteiger partial charge in [0.25, 0.3) is 0 Å². The molecular weight excluding hydrogens is 394 g/mol. The smallest absolute Gasteiger partial charge is 0.179 e. The molecule has 1 fully saturated rings. The molecule has 7 heteroatoms. The van der Waals surface area contributed by atoms with Crippen molar-refractivity contribution >= 4 is 40.7 Å². The molecule has 0 bridgehead atoms. The summed E-state index contributed by atoms with van der Waals surface area (Å²) < 4.78 is 14.3. The van der Waals surface area contributed by atoms with E-state index >= 15 is 0 Å². The molecule has 0 amide bonds. The van der Waals surface area contributed by atoms with Crippen LogP contribution in [0.1, 0.15) is 32.4 Å². The summed E-state index contributed by atoms with van der Waals surface area (Å²) in [5.74, 6) is -0.815. The molecule has 2 rings (SSSR count). The number of halogens is 4. The second-order valence-corrected chi connectivity index (χ2v) is 7.21. The minimum Gasteiger partial charge on any atom is -0.505 e. The SMILES string of the molecule is CC(C)(C)[C@@H](c1ccc(Br)c(F)c1O)N1CCNCC1.Cl.Cl. The van der Waals surface area contributed by atoms with Gasteiger partial charge in [0.1, 0.15) is 0 Å². The van der Waals surface area contributed by atoms with E-state index in [9.17, 15) is 9.50 Å². The number of phenols is 1. The highest BCUT2D eigenvalue weighted by Gasteiger charge is 2.35. The summed E-state index contributed by atoms with van der Waals surface area (Å²) >= 11 is 3.12. The molecule has 0 saturated carbocycles. The average Bonchev–Trinajstić information content (AvgIpc) is 2.39. The molecule has 1 aliphatic rings. The van der Waals surface area contributed by atoms with Crippen LogP contribution in [0.25, 0.3) is 0 Å². The maximum Gasteiger partial charge on any atom is 0.179 e. The van der Waals surface area contributed by atoms with Gasteiger partial charge in [-0.2, -0.15) is 0 Å². The molecular formula is C15H24BrCl2FN2O. The second-order valence-electron chi connectivity index (χ2n) is 6.35. The van der Waals surface area contributed by atoms with Crippen LogP contribution in [0.3, 0.4) is 0 Å². The maximum atomic E-state index is 14.0. The van der Waals surface area contributed by atoms with Crippen molar-refractivity contribution in [2.75, 3.05) is 26.2 Å². The zero-order valence-corrected chi connectivity index (χ0v) is 16.2. The first-order chi connectivity index (χ1) is 9.32. The molecule has 3 nitrogen and oxygen atoms in total. The van der Waals surface area contributed by atoms with E-state index in [1.807, 2.05) is 6.07 Å². The van der Waals surface area contributed by atoms with Gasteiger partial charge in [-0.05, 0) is 27.4 Å². The van der Waals surface area contributed by atoms with E-state index in [2.05, 4.69) is 46.9 Å². The Labute approximate surface area is 152 Å². The number of aromatic hydroxyl groups is 1. The molecule has 0 aliphatic carbocycles. The zero-order valence-electron chi connectivity index (χ0n) is 13.0. The zero-order chi connectivity index (χ0) is 14.9. The summed E-state index contributed by atoms with van der Waals surface area (Å²) in [4.78, 5) is 2.32. The second kappa shape index (κ2) is 8.69. The molecule has 1 atom stereocenters. The van der Waals surface area contributed by atoms with Crippen molar-refractivity contribution < 1.29 is 9.50 Å². The van der Waals surface area contributed by atoms with E-state index in [0.29, 0.717) is 10.0 Å². The van der Waals surface area contributed by atoms with E-state index in [-0.39, 0.29) is 42.0 Å². The predicted molar refractivity (Wildman–Crippen MR) is 96.9 cm³/mol. The van der Waals surface area contributed by atoms with E-state index in [1.54, 1.807) is 6.07 Å². The Balaban J connectivity index is 0.00000220. The molecule has 1 aromatic rings. The maximum absolute atomic E-state index is 14.0. The molecule has 2 N–H and O–H groups in total. The van der Waals surface area contributed by atoms with Crippen LogP contribution in [0.15, 0.2) is 16.6 Å². The van der Waals surface area contributed by atoms with Gasteiger partial charge in [-0.25, -0.2) is 4.39 Å². The number of benzene rings is 1. The number of piperazine rings is 1. The van der Waals surface area contributed by atoms with Gasteiger partial charge in [0.15, 0.2) is 11.6 Å². The molecule has 0 unspecified atom stereocenters. The van der Waals surface area contributed by atoms with E-state index in [0.717, 1.165) is 26.2 Å². The Morgan fingerprint density at radius 2 is 1.77 bits per heavy atom. The topological polar surface area (TPSA) is 35.5 Å². The highest BCUT2D eigenvalue weighted by molar-refractivity contribution is 9.10. The fourth-order valence-electron chi connectivity index (χ4n) is 2.93. The molecule has 0 aromatic heterocycles. The first-order valence-corrected chi connectivity index (χ1v) is 7.73. The first-order valence-electron chi connectivity index (χ1n) is 6.94. The van der Waals surface area contributed by atoms with Gasteiger partial charge in [-0.1, -0.05) is 26.8 Å². The van der Waals surface area contributed by atoms with Gasteiger partial charge in [0, 0.05) is 37.8 Å². The van der Waals surface area contributed by atoms with E-state index in [4.69, 9.17) is 0 Å². The summed E-state index contributed by atoms with van der Waals surface area (Å²) in [5, 5.41) is 13.5. The molecule has 0 spiro atoms. The Morgan fingerprint density at radius 3 is 2.27 bits per heavy atom. The number of nitrogens with one attached hydrogen (secondary N) is 1. The van der Waals surface area contributed by atoms with Gasteiger partial charge < -0.3 is 10.4 Å². The third-order valence-electron chi connectivity index (χ3n) is 3.73. The molecule has 1 aliphatic heterocycles. The molecule has 1 saturated heterocycles. The lowest BCUT2D eigenvalue weighted by Crippen LogP contribution is -2.48. The average molecular weight is 418 g/mol. The third-order valence-corrected chi connectivity index (χ3v) is 4.34. The minimum absolute atomic E-state index is 0. The van der Waals surface area contributed by atoms with Crippen molar-refractivity contribution in [3.63, 3.8) is 0 Å². The number of phenolic OH excluding ortho intramolecular Hbond substituents is 1. The lowest BCUT2D eigenvalue weighted by molar-refractivity contribution is 0.0838. The van der Waals surface area contributed by atoms with Crippen LogP contribution in [0.2, 0.25) is 0 Å². The summed E-state index contributed by atoms with van der Waals surface area (Å²) in [6.07, 6.45) is 0. The van der Waals surface area contributed by atoms with Crippen LogP contribution in [-0.2, 0) is 0 Å². The summed E-state index contributed by atoms with van der Waals surface area (Å²) in [5.41, 5.74) is 0.579. The van der Waals surface area contributed by atoms with Crippen LogP contribution in [-0.4, -0.2) is 36.2 Å². The monoisotopic (exact) mass is 416 g/mol. The van der Waals surface area contributed by atoms with Crippen molar-refractivity contribution in [3.8, 4) is 5.75 Å². The number of hydrogen-bond acceptors (Lipinski definition) is 3. The molecule has 1 heterocycles. The number of hydrogen-bond donors (Lipinski definition) is 2. The normalized spacial score (nSPS) is 17.3. The highest BCUT2D eigenvalue weighted by atomic mass is 79.9. The predicted octanol–water partition coefficient (Wildman–Crippen LogP) is 4.13. The van der Waals surface area contributed by atoms with Crippen LogP contribution < -0.4 is 5.32 Å². The fraction of sp³-hybridized carbons (Fsp3) is 0.600. The molecule has 1 aromatic carbocycles. The highest BCUT2D eigenvalue weighted by Crippen LogP contribution is 2.43. The summed E-state index contributed by atoms with van der Waals surface area (Å²) in [7, 11) is 0. The summed E-state index contributed by atoms with van der Waals surface area (Å²) in [6.45, 7) is 10.0. The van der Waals surface area contributed by atoms with Crippen molar-refractivity contribution in [3.05, 3.63) is 28.0 Å². The quantitative estimate of drug-likeness (QED) is 0.759. The van der Waals surface area contributed by atoms with E-state index < -0.39 is 5.82 Å². The Hall–Kier alpha value is -0.0700. The standard InChI is InChI=1S/C15H22BrFN2O.2ClH/c1-15(2,3)14(19-8-6-18-7-9-19)10-4-5-11(16)12(17)13(10)20;;/h4-5,14,18,20H,6-9H2,1-3H3;2*1H/t14-;;/m1../s1. The first kappa shape index (κ1) is 21.9. The van der Waals surface area contributed by atoms with Gasteiger partial charge in [0.05, 0.1) is 4.47 Å². The number of rotatable bonds is 2. The Bertz CT molecular complexity index is 491. The molecule has 0 radical (unpaired) electrons. The Morgan fingerprint density at radius 1 is 1.23 bits per heavy atom. The van der Waals surface area contributed by atoms with Crippen molar-refractivity contribution in [1.29, 1.82) is 0 Å². The van der Waals surface area contributed by atoms with Crippen LogP contribution in [0, 0.1) is 11.2 Å². The van der Waals surface area contributed by atoms with Crippen LogP contribution >= 0.6 is 40.7 Å². The minimum atomic E-state index is -0.577.